The third-order valence-corrected chi connectivity index (χ3v) is 11.0. The Morgan fingerprint density at radius 1 is 0.950 bits per heavy atom. The molecule has 3 unspecified atom stereocenters. The van der Waals surface area contributed by atoms with Crippen LogP contribution >= 0.6 is 39.0 Å². The standard InChI is InChI=1S/C29H29BrN4O4S2/c1-31(2)19-10-6-17(7-11-19)22-23-24(27(37)34(26(23)36)20-12-8-18(30)9-13-20)39-28-25(22)40-29(38)33(28)16-21(35)32-14-4-3-5-15-32/h6-13,22-24H,3-5,14-16H2,1-2H3. The monoisotopic (exact) mass is 640 g/mol. The molecule has 2 saturated heterocycles. The average molecular weight is 642 g/mol. The number of amides is 3. The molecule has 0 aliphatic carbocycles. The molecule has 3 aliphatic rings. The van der Waals surface area contributed by atoms with E-state index in [-0.39, 0.29) is 29.1 Å². The number of likely N-dealkylation sites (tertiary alicyclic amines) is 1. The molecule has 4 heterocycles. The number of thiazole rings is 1. The third-order valence-electron chi connectivity index (χ3n) is 7.90. The second-order valence-corrected chi connectivity index (χ2v) is 13.6. The number of halogens is 1. The Balaban J connectivity index is 1.43. The van der Waals surface area contributed by atoms with Gasteiger partial charge in [0.2, 0.25) is 17.7 Å². The lowest BCUT2D eigenvalue weighted by Crippen LogP contribution is -2.39. The molecule has 2 aromatic carbocycles. The Hall–Kier alpha value is -2.89. The van der Waals surface area contributed by atoms with E-state index in [2.05, 4.69) is 15.9 Å². The lowest BCUT2D eigenvalue weighted by molar-refractivity contribution is -0.133. The van der Waals surface area contributed by atoms with Gasteiger partial charge in [0.25, 0.3) is 0 Å². The lowest BCUT2D eigenvalue weighted by Gasteiger charge is -2.31. The fourth-order valence-electron chi connectivity index (χ4n) is 5.82. The minimum Gasteiger partial charge on any atom is -0.378 e. The highest BCUT2D eigenvalue weighted by atomic mass is 79.9. The van der Waals surface area contributed by atoms with Crippen LogP contribution in [0.2, 0.25) is 0 Å². The zero-order chi connectivity index (χ0) is 28.1. The van der Waals surface area contributed by atoms with Crippen molar-refractivity contribution >= 4 is 68.1 Å². The van der Waals surface area contributed by atoms with E-state index < -0.39 is 17.1 Å². The van der Waals surface area contributed by atoms with Crippen LogP contribution in [-0.2, 0) is 20.9 Å². The summed E-state index contributed by atoms with van der Waals surface area (Å²) in [6, 6.07) is 15.1. The summed E-state index contributed by atoms with van der Waals surface area (Å²) in [4.78, 5) is 60.0. The maximum Gasteiger partial charge on any atom is 0.308 e. The molecule has 208 valence electrons. The van der Waals surface area contributed by atoms with Crippen molar-refractivity contribution in [1.82, 2.24) is 9.47 Å². The van der Waals surface area contributed by atoms with Crippen molar-refractivity contribution in [2.75, 3.05) is 37.0 Å². The van der Waals surface area contributed by atoms with Crippen LogP contribution in [0, 0.1) is 5.92 Å². The number of hydrogen-bond acceptors (Lipinski definition) is 7. The number of fused-ring (bicyclic) bond motifs is 2. The second-order valence-electron chi connectivity index (χ2n) is 10.6. The van der Waals surface area contributed by atoms with E-state index in [9.17, 15) is 19.2 Å². The molecule has 0 spiro atoms. The van der Waals surface area contributed by atoms with Crippen LogP contribution in [-0.4, -0.2) is 59.6 Å². The summed E-state index contributed by atoms with van der Waals surface area (Å²) in [5.41, 5.74) is 2.40. The molecule has 11 heteroatoms. The molecule has 0 N–H and O–H groups in total. The molecule has 0 bridgehead atoms. The zero-order valence-corrected chi connectivity index (χ0v) is 25.4. The lowest BCUT2D eigenvalue weighted by atomic mass is 9.83. The molecule has 3 aliphatic heterocycles. The molecule has 3 atom stereocenters. The van der Waals surface area contributed by atoms with Crippen LogP contribution in [0.1, 0.15) is 35.6 Å². The number of hydrogen-bond donors (Lipinski definition) is 0. The van der Waals surface area contributed by atoms with Crippen LogP contribution in [0.25, 0.3) is 0 Å². The minimum atomic E-state index is -0.701. The van der Waals surface area contributed by atoms with Gasteiger partial charge in [-0.05, 0) is 61.2 Å². The van der Waals surface area contributed by atoms with Gasteiger partial charge in [0, 0.05) is 48.1 Å². The first-order chi connectivity index (χ1) is 19.2. The van der Waals surface area contributed by atoms with Gasteiger partial charge in [-0.15, -0.1) is 0 Å². The van der Waals surface area contributed by atoms with Crippen molar-refractivity contribution in [3.63, 3.8) is 0 Å². The number of benzene rings is 2. The van der Waals surface area contributed by atoms with Gasteiger partial charge in [0.05, 0.1) is 16.6 Å². The van der Waals surface area contributed by atoms with Gasteiger partial charge in [-0.3, -0.25) is 23.7 Å². The highest BCUT2D eigenvalue weighted by Crippen LogP contribution is 2.54. The van der Waals surface area contributed by atoms with Crippen molar-refractivity contribution in [2.45, 2.75) is 42.0 Å². The molecular weight excluding hydrogens is 612 g/mol. The summed E-state index contributed by atoms with van der Waals surface area (Å²) in [6.45, 7) is 1.35. The van der Waals surface area contributed by atoms with E-state index in [0.29, 0.717) is 23.8 Å². The maximum absolute atomic E-state index is 14.0. The van der Waals surface area contributed by atoms with Crippen molar-refractivity contribution < 1.29 is 14.4 Å². The van der Waals surface area contributed by atoms with Crippen LogP contribution in [0.5, 0.6) is 0 Å². The number of thioether (sulfide) groups is 1. The van der Waals surface area contributed by atoms with Crippen molar-refractivity contribution in [3.05, 3.63) is 73.1 Å². The number of imide groups is 1. The summed E-state index contributed by atoms with van der Waals surface area (Å²) in [5.74, 6) is -1.78. The molecule has 0 radical (unpaired) electrons. The first kappa shape index (κ1) is 27.3. The Bertz CT molecular complexity index is 1530. The number of carbonyl (C=O) groups excluding carboxylic acids is 3. The largest absolute Gasteiger partial charge is 0.378 e. The molecule has 3 aromatic rings. The van der Waals surface area contributed by atoms with Gasteiger partial charge in [0.15, 0.2) is 0 Å². The van der Waals surface area contributed by atoms with Crippen LogP contribution in [0.4, 0.5) is 11.4 Å². The number of anilines is 2. The van der Waals surface area contributed by atoms with Crippen LogP contribution in [0.15, 0.2) is 62.8 Å². The summed E-state index contributed by atoms with van der Waals surface area (Å²) >= 11 is 5.76. The molecule has 40 heavy (non-hydrogen) atoms. The van der Waals surface area contributed by atoms with E-state index in [1.54, 1.807) is 12.1 Å². The number of nitrogens with zero attached hydrogens (tertiary/aromatic N) is 4. The SMILES string of the molecule is CN(C)c1ccc(C2c3sc(=O)n(CC(=O)N4CCCCC4)c3SC3C(=O)N(c4ccc(Br)cc4)C(=O)C32)cc1. The highest BCUT2D eigenvalue weighted by Gasteiger charge is 2.56. The fraction of sp³-hybridized carbons (Fsp3) is 0.379. The predicted molar refractivity (Wildman–Crippen MR) is 161 cm³/mol. The summed E-state index contributed by atoms with van der Waals surface area (Å²) in [6.07, 6.45) is 3.04. The second kappa shape index (κ2) is 10.8. The highest BCUT2D eigenvalue weighted by molar-refractivity contribution is 9.10. The Labute approximate surface area is 249 Å². The number of rotatable bonds is 5. The average Bonchev–Trinajstić information content (AvgIpc) is 3.40. The topological polar surface area (TPSA) is 82.9 Å². The quantitative estimate of drug-likeness (QED) is 0.381. The first-order valence-corrected chi connectivity index (χ1v) is 15.8. The molecule has 6 rings (SSSR count). The smallest absolute Gasteiger partial charge is 0.308 e. The van der Waals surface area contributed by atoms with Crippen molar-refractivity contribution in [1.29, 1.82) is 0 Å². The van der Waals surface area contributed by atoms with Gasteiger partial charge in [-0.1, -0.05) is 51.2 Å². The Kier molecular flexibility index (Phi) is 7.39. The number of piperidine rings is 1. The van der Waals surface area contributed by atoms with Crippen LogP contribution in [0.3, 0.4) is 0 Å². The van der Waals surface area contributed by atoms with Gasteiger partial charge >= 0.3 is 4.87 Å². The van der Waals surface area contributed by atoms with E-state index in [1.807, 2.05) is 60.3 Å². The maximum atomic E-state index is 14.0. The van der Waals surface area contributed by atoms with Gasteiger partial charge in [-0.2, -0.15) is 0 Å². The van der Waals surface area contributed by atoms with Gasteiger partial charge < -0.3 is 9.80 Å². The third kappa shape index (κ3) is 4.71. The molecule has 0 saturated carbocycles. The van der Waals surface area contributed by atoms with E-state index in [1.165, 1.54) is 21.2 Å². The van der Waals surface area contributed by atoms with E-state index in [4.69, 9.17) is 0 Å². The molecule has 1 aromatic heterocycles. The van der Waals surface area contributed by atoms with Gasteiger partial charge in [0.1, 0.15) is 11.8 Å². The molecule has 8 nitrogen and oxygen atoms in total. The van der Waals surface area contributed by atoms with Crippen molar-refractivity contribution in [3.8, 4) is 0 Å². The minimum absolute atomic E-state index is 0.0557. The fourth-order valence-corrected chi connectivity index (χ4v) is 8.85. The number of carbonyl (C=O) groups is 3. The molecular formula is C29H29BrN4O4S2. The van der Waals surface area contributed by atoms with Crippen LogP contribution < -0.4 is 14.7 Å². The predicted octanol–water partition coefficient (Wildman–Crippen LogP) is 4.55. The van der Waals surface area contributed by atoms with E-state index >= 15 is 0 Å². The molecule has 3 amide bonds. The van der Waals surface area contributed by atoms with E-state index in [0.717, 1.165) is 51.2 Å². The Morgan fingerprint density at radius 2 is 1.62 bits per heavy atom. The number of aromatic nitrogens is 1. The van der Waals surface area contributed by atoms with Gasteiger partial charge in [-0.25, -0.2) is 4.90 Å². The Morgan fingerprint density at radius 3 is 2.27 bits per heavy atom. The summed E-state index contributed by atoms with van der Waals surface area (Å²) < 4.78 is 2.38. The summed E-state index contributed by atoms with van der Waals surface area (Å²) in [7, 11) is 3.92. The van der Waals surface area contributed by atoms with Crippen molar-refractivity contribution in [2.24, 2.45) is 5.92 Å². The zero-order valence-electron chi connectivity index (χ0n) is 22.2. The molecule has 2 fully saturated rings. The first-order valence-electron chi connectivity index (χ1n) is 13.3. The normalized spacial score (nSPS) is 22.3. The summed E-state index contributed by atoms with van der Waals surface area (Å²) in [5, 5.41) is -0.0744.